The first-order valence-electron chi connectivity index (χ1n) is 4.13. The highest BCUT2D eigenvalue weighted by Gasteiger charge is 2.37. The lowest BCUT2D eigenvalue weighted by atomic mass is 9.74. The highest BCUT2D eigenvalue weighted by Crippen LogP contribution is 2.40. The van der Waals surface area contributed by atoms with E-state index in [2.05, 4.69) is 0 Å². The van der Waals surface area contributed by atoms with Crippen LogP contribution >= 0.6 is 0 Å². The van der Waals surface area contributed by atoms with Gasteiger partial charge in [-0.2, -0.15) is 0 Å². The summed E-state index contributed by atoms with van der Waals surface area (Å²) in [4.78, 5) is 21.5. The Hall–Kier alpha value is -0.660. The summed E-state index contributed by atoms with van der Waals surface area (Å²) in [6.07, 6.45) is 3.78. The highest BCUT2D eigenvalue weighted by molar-refractivity contribution is 5.90. The molecule has 2 heteroatoms. The van der Waals surface area contributed by atoms with Gasteiger partial charge in [0.2, 0.25) is 0 Å². The van der Waals surface area contributed by atoms with Crippen LogP contribution in [0.1, 0.15) is 32.1 Å². The van der Waals surface area contributed by atoms with E-state index in [4.69, 9.17) is 0 Å². The van der Waals surface area contributed by atoms with Gasteiger partial charge in [-0.15, -0.1) is 0 Å². The van der Waals surface area contributed by atoms with Crippen LogP contribution in [0.2, 0.25) is 0 Å². The number of hydrogen-bond donors (Lipinski definition) is 0. The van der Waals surface area contributed by atoms with Gasteiger partial charge in [0.25, 0.3) is 0 Å². The molecule has 0 aromatic heterocycles. The Bertz CT molecular complexity index is 200. The van der Waals surface area contributed by atoms with E-state index in [1.165, 1.54) is 5.92 Å². The third kappa shape index (κ3) is 1.22. The van der Waals surface area contributed by atoms with Gasteiger partial charge in [0.15, 0.2) is 0 Å². The maximum Gasteiger partial charge on any atom is 0.134 e. The van der Waals surface area contributed by atoms with E-state index in [9.17, 15) is 9.59 Å². The molecule has 0 aromatic rings. The molecule has 0 bridgehead atoms. The smallest absolute Gasteiger partial charge is 0.134 e. The molecule has 1 unspecified atom stereocenters. The molecule has 1 atom stereocenters. The summed E-state index contributed by atoms with van der Waals surface area (Å²) < 4.78 is 0. The molecule has 0 N–H and O–H groups in total. The summed E-state index contributed by atoms with van der Waals surface area (Å²) in [5, 5.41) is 0. The van der Waals surface area contributed by atoms with Crippen LogP contribution in [0, 0.1) is 11.8 Å². The van der Waals surface area contributed by atoms with Crippen LogP contribution in [-0.2, 0) is 9.59 Å². The minimum atomic E-state index is 0.347. The van der Waals surface area contributed by atoms with E-state index in [1.807, 2.05) is 0 Å². The molecule has 0 heterocycles. The van der Waals surface area contributed by atoms with E-state index in [1.54, 1.807) is 0 Å². The molecule has 0 aromatic carbocycles. The Morgan fingerprint density at radius 2 is 1.82 bits per heavy atom. The number of ketones is 2. The fourth-order valence-corrected chi connectivity index (χ4v) is 1.91. The second kappa shape index (κ2) is 2.43. The van der Waals surface area contributed by atoms with Crippen molar-refractivity contribution in [3.8, 4) is 0 Å². The highest BCUT2D eigenvalue weighted by atomic mass is 16.1. The molecular formula is C9H11O2. The summed E-state index contributed by atoms with van der Waals surface area (Å²) in [6, 6.07) is 0. The van der Waals surface area contributed by atoms with Crippen molar-refractivity contribution in [2.75, 3.05) is 0 Å². The first-order chi connectivity index (χ1) is 5.25. The number of carbonyl (C=O) groups excluding carboxylic acids is 2. The van der Waals surface area contributed by atoms with Crippen molar-refractivity contribution in [3.05, 3.63) is 5.92 Å². The van der Waals surface area contributed by atoms with Gasteiger partial charge in [-0.25, -0.2) is 0 Å². The maximum absolute atomic E-state index is 10.9. The first kappa shape index (κ1) is 7.01. The second-order valence-corrected chi connectivity index (χ2v) is 3.53. The quantitative estimate of drug-likeness (QED) is 0.566. The van der Waals surface area contributed by atoms with Crippen LogP contribution in [0.15, 0.2) is 0 Å². The Labute approximate surface area is 66.0 Å². The average Bonchev–Trinajstić information content (AvgIpc) is 2.29. The molecule has 0 saturated heterocycles. The molecule has 2 aliphatic rings. The summed E-state index contributed by atoms with van der Waals surface area (Å²) in [6.45, 7) is 0. The lowest BCUT2D eigenvalue weighted by molar-refractivity contribution is -0.123. The zero-order chi connectivity index (χ0) is 7.84. The molecule has 2 saturated carbocycles. The fourth-order valence-electron chi connectivity index (χ4n) is 1.91. The van der Waals surface area contributed by atoms with Crippen LogP contribution in [0.4, 0.5) is 0 Å². The lowest BCUT2D eigenvalue weighted by Gasteiger charge is -2.28. The Balaban J connectivity index is 1.88. The third-order valence-corrected chi connectivity index (χ3v) is 2.67. The maximum atomic E-state index is 10.9. The van der Waals surface area contributed by atoms with Gasteiger partial charge >= 0.3 is 0 Å². The van der Waals surface area contributed by atoms with Gasteiger partial charge < -0.3 is 0 Å². The van der Waals surface area contributed by atoms with Gasteiger partial charge in [0.1, 0.15) is 11.6 Å². The standard InChI is InChI=1S/C9H11O2/c10-8-2-1-6(3-8)7-4-9(11)5-7/h6H,1-5H2. The Kier molecular flexibility index (Phi) is 1.55. The summed E-state index contributed by atoms with van der Waals surface area (Å²) >= 11 is 0. The molecule has 11 heavy (non-hydrogen) atoms. The number of hydrogen-bond acceptors (Lipinski definition) is 2. The number of carbonyl (C=O) groups is 2. The van der Waals surface area contributed by atoms with Crippen LogP contribution in [-0.4, -0.2) is 11.6 Å². The van der Waals surface area contributed by atoms with Crippen molar-refractivity contribution in [3.63, 3.8) is 0 Å². The van der Waals surface area contributed by atoms with Crippen LogP contribution in [0.3, 0.4) is 0 Å². The zero-order valence-electron chi connectivity index (χ0n) is 6.43. The van der Waals surface area contributed by atoms with Crippen molar-refractivity contribution in [2.24, 2.45) is 5.92 Å². The van der Waals surface area contributed by atoms with E-state index in [0.717, 1.165) is 12.8 Å². The molecule has 0 aliphatic heterocycles. The molecule has 59 valence electrons. The number of rotatable bonds is 1. The topological polar surface area (TPSA) is 34.1 Å². The lowest BCUT2D eigenvalue weighted by Crippen LogP contribution is -2.26. The molecule has 1 radical (unpaired) electrons. The van der Waals surface area contributed by atoms with E-state index in [0.29, 0.717) is 36.7 Å². The number of Topliss-reactive ketones (excluding diaryl/α,β-unsaturated/α-hetero) is 2. The van der Waals surface area contributed by atoms with Gasteiger partial charge in [-0.1, -0.05) is 0 Å². The third-order valence-electron chi connectivity index (χ3n) is 2.67. The van der Waals surface area contributed by atoms with Crippen LogP contribution in [0.25, 0.3) is 0 Å². The molecule has 0 spiro atoms. The predicted molar refractivity (Wildman–Crippen MR) is 39.8 cm³/mol. The van der Waals surface area contributed by atoms with Crippen molar-refractivity contribution in [1.29, 1.82) is 0 Å². The summed E-state index contributed by atoms with van der Waals surface area (Å²) in [5.41, 5.74) is 0. The van der Waals surface area contributed by atoms with Crippen LogP contribution in [0.5, 0.6) is 0 Å². The molecule has 0 amide bonds. The SMILES string of the molecule is O=C1C[C](C2CCC(=O)C2)C1. The molecule has 2 aliphatic carbocycles. The molecule has 2 rings (SSSR count). The summed E-state index contributed by atoms with van der Waals surface area (Å²) in [5.74, 6) is 2.53. The second-order valence-electron chi connectivity index (χ2n) is 3.53. The zero-order valence-corrected chi connectivity index (χ0v) is 6.43. The minimum Gasteiger partial charge on any atom is -0.300 e. The first-order valence-corrected chi connectivity index (χ1v) is 4.13. The van der Waals surface area contributed by atoms with E-state index < -0.39 is 0 Å². The van der Waals surface area contributed by atoms with Crippen LogP contribution < -0.4 is 0 Å². The minimum absolute atomic E-state index is 0.347. The largest absolute Gasteiger partial charge is 0.300 e. The van der Waals surface area contributed by atoms with Crippen molar-refractivity contribution >= 4 is 11.6 Å². The van der Waals surface area contributed by atoms with Crippen molar-refractivity contribution in [1.82, 2.24) is 0 Å². The van der Waals surface area contributed by atoms with Gasteiger partial charge in [-0.3, -0.25) is 9.59 Å². The average molecular weight is 151 g/mol. The normalized spacial score (nSPS) is 32.5. The van der Waals surface area contributed by atoms with Gasteiger partial charge in [-0.05, 0) is 18.3 Å². The molecule has 2 fully saturated rings. The molecule has 2 nitrogen and oxygen atoms in total. The monoisotopic (exact) mass is 151 g/mol. The van der Waals surface area contributed by atoms with Crippen molar-refractivity contribution < 1.29 is 9.59 Å². The van der Waals surface area contributed by atoms with Crippen molar-refractivity contribution in [2.45, 2.75) is 32.1 Å². The van der Waals surface area contributed by atoms with Gasteiger partial charge in [0.05, 0.1) is 0 Å². The molecular weight excluding hydrogens is 140 g/mol. The van der Waals surface area contributed by atoms with Gasteiger partial charge in [0, 0.05) is 25.7 Å². The Morgan fingerprint density at radius 1 is 1.09 bits per heavy atom. The Morgan fingerprint density at radius 3 is 2.27 bits per heavy atom. The van der Waals surface area contributed by atoms with E-state index in [-0.39, 0.29) is 0 Å². The van der Waals surface area contributed by atoms with E-state index >= 15 is 0 Å². The predicted octanol–water partition coefficient (Wildman–Crippen LogP) is 1.29. The summed E-state index contributed by atoms with van der Waals surface area (Å²) in [7, 11) is 0. The fraction of sp³-hybridized carbons (Fsp3) is 0.667.